The first-order valence-electron chi connectivity index (χ1n) is 4.79. The molecule has 0 bridgehead atoms. The van der Waals surface area contributed by atoms with E-state index in [2.05, 4.69) is 4.74 Å². The van der Waals surface area contributed by atoms with Crippen molar-refractivity contribution in [3.63, 3.8) is 0 Å². The molecule has 1 aromatic heterocycles. The van der Waals surface area contributed by atoms with Crippen LogP contribution in [-0.2, 0) is 6.54 Å². The second-order valence-electron chi connectivity index (χ2n) is 3.34. The van der Waals surface area contributed by atoms with Crippen LogP contribution in [0.5, 0.6) is 5.75 Å². The Morgan fingerprint density at radius 2 is 2.06 bits per heavy atom. The predicted molar refractivity (Wildman–Crippen MR) is 55.0 cm³/mol. The molecule has 2 rings (SSSR count). The number of methoxy groups -OCH3 is 1. The summed E-state index contributed by atoms with van der Waals surface area (Å²) in [5, 5.41) is 0. The number of nitrogens with zero attached hydrogens (tertiary/aromatic N) is 1. The van der Waals surface area contributed by atoms with E-state index in [1.165, 1.54) is 31.6 Å². The van der Waals surface area contributed by atoms with Crippen LogP contribution in [0.2, 0.25) is 0 Å². The van der Waals surface area contributed by atoms with Crippen molar-refractivity contribution < 1.29 is 18.0 Å². The highest BCUT2D eigenvalue weighted by Crippen LogP contribution is 2.22. The molecule has 0 spiro atoms. The second-order valence-corrected chi connectivity index (χ2v) is 3.34. The van der Waals surface area contributed by atoms with Crippen LogP contribution in [0.25, 0.3) is 0 Å². The van der Waals surface area contributed by atoms with E-state index >= 15 is 0 Å². The van der Waals surface area contributed by atoms with E-state index in [1.807, 2.05) is 0 Å². The van der Waals surface area contributed by atoms with Crippen molar-refractivity contribution in [2.24, 2.45) is 0 Å². The van der Waals surface area contributed by atoms with Crippen LogP contribution in [0.1, 0.15) is 5.56 Å². The Hall–Kier alpha value is -2.11. The van der Waals surface area contributed by atoms with Crippen LogP contribution in [-0.4, -0.2) is 11.8 Å². The Morgan fingerprint density at radius 3 is 2.65 bits per heavy atom. The van der Waals surface area contributed by atoms with E-state index in [0.29, 0.717) is 0 Å². The molecule has 0 aliphatic heterocycles. The third-order valence-electron chi connectivity index (χ3n) is 2.31. The average molecular weight is 241 g/mol. The third-order valence-corrected chi connectivity index (χ3v) is 2.31. The fourth-order valence-electron chi connectivity index (χ4n) is 1.42. The monoisotopic (exact) mass is 241 g/mol. The molecule has 0 unspecified atom stereocenters. The van der Waals surface area contributed by atoms with Gasteiger partial charge in [-0.2, -0.15) is 9.13 Å². The van der Waals surface area contributed by atoms with Crippen LogP contribution in [0.4, 0.5) is 8.78 Å². The van der Waals surface area contributed by atoms with Crippen molar-refractivity contribution in [2.45, 2.75) is 6.54 Å². The summed E-state index contributed by atoms with van der Waals surface area (Å²) in [6, 6.07) is 3.83. The third kappa shape index (κ3) is 2.06. The number of ether oxygens (including phenoxy) is 1. The maximum Gasteiger partial charge on any atom is 0.282 e. The van der Waals surface area contributed by atoms with Gasteiger partial charge in [-0.05, 0) is 6.07 Å². The van der Waals surface area contributed by atoms with Gasteiger partial charge in [0, 0.05) is 11.6 Å². The molecule has 0 aliphatic carbocycles. The molecule has 0 atom stereocenters. The molecule has 2 aromatic rings. The van der Waals surface area contributed by atoms with Gasteiger partial charge in [-0.3, -0.25) is 4.79 Å². The Labute approximate surface area is 95.0 Å². The second kappa shape index (κ2) is 4.40. The molecule has 6 heteroatoms. The smallest absolute Gasteiger partial charge is 0.282 e. The van der Waals surface area contributed by atoms with E-state index < -0.39 is 17.2 Å². The van der Waals surface area contributed by atoms with Gasteiger partial charge in [0.05, 0.1) is 13.7 Å². The highest BCUT2D eigenvalue weighted by molar-refractivity contribution is 5.31. The number of rotatable bonds is 3. The van der Waals surface area contributed by atoms with E-state index in [-0.39, 0.29) is 17.9 Å². The molecule has 17 heavy (non-hydrogen) atoms. The number of hydrogen-bond donors (Lipinski definition) is 0. The Kier molecular flexibility index (Phi) is 2.95. The van der Waals surface area contributed by atoms with Gasteiger partial charge >= 0.3 is 0 Å². The molecule has 0 N–H and O–H groups in total. The van der Waals surface area contributed by atoms with Gasteiger partial charge in [0.15, 0.2) is 11.6 Å². The Bertz CT molecular complexity index is 589. The van der Waals surface area contributed by atoms with Gasteiger partial charge in [0.1, 0.15) is 6.26 Å². The standard InChI is InChI=1S/C11H9F2NO3/c1-16-8-3-2-7(10(12)11(8)13)6-14-9(15)4-5-17-14/h2-5H,6H2,1H3. The number of aromatic nitrogens is 1. The molecule has 0 fully saturated rings. The molecule has 0 saturated heterocycles. The molecule has 0 saturated carbocycles. The van der Waals surface area contributed by atoms with E-state index in [4.69, 9.17) is 4.52 Å². The van der Waals surface area contributed by atoms with Crippen molar-refractivity contribution in [1.29, 1.82) is 0 Å². The fraction of sp³-hybridized carbons (Fsp3) is 0.182. The summed E-state index contributed by atoms with van der Waals surface area (Å²) >= 11 is 0. The average Bonchev–Trinajstić information content (AvgIpc) is 2.71. The molecule has 4 nitrogen and oxygen atoms in total. The van der Waals surface area contributed by atoms with Gasteiger partial charge in [0.2, 0.25) is 5.82 Å². The van der Waals surface area contributed by atoms with Crippen molar-refractivity contribution in [3.8, 4) is 5.75 Å². The van der Waals surface area contributed by atoms with Crippen molar-refractivity contribution in [1.82, 2.24) is 4.74 Å². The summed E-state index contributed by atoms with van der Waals surface area (Å²) in [4.78, 5) is 11.2. The Morgan fingerprint density at radius 1 is 1.29 bits per heavy atom. The van der Waals surface area contributed by atoms with E-state index in [9.17, 15) is 13.6 Å². The highest BCUT2D eigenvalue weighted by Gasteiger charge is 2.15. The lowest BCUT2D eigenvalue weighted by molar-refractivity contribution is 0.273. The van der Waals surface area contributed by atoms with Crippen molar-refractivity contribution in [3.05, 3.63) is 52.0 Å². The summed E-state index contributed by atoms with van der Waals surface area (Å²) in [5.74, 6) is -2.31. The van der Waals surface area contributed by atoms with Crippen LogP contribution >= 0.6 is 0 Å². The van der Waals surface area contributed by atoms with Crippen LogP contribution in [0, 0.1) is 11.6 Å². The first-order valence-corrected chi connectivity index (χ1v) is 4.79. The van der Waals surface area contributed by atoms with Crippen LogP contribution in [0.3, 0.4) is 0 Å². The normalized spacial score (nSPS) is 10.5. The van der Waals surface area contributed by atoms with Crippen molar-refractivity contribution >= 4 is 0 Å². The maximum absolute atomic E-state index is 13.6. The summed E-state index contributed by atoms with van der Waals surface area (Å²) in [5.41, 5.74) is -0.402. The van der Waals surface area contributed by atoms with Gasteiger partial charge in [0.25, 0.3) is 5.56 Å². The Balaban J connectivity index is 2.38. The molecule has 0 radical (unpaired) electrons. The summed E-state index contributed by atoms with van der Waals surface area (Å²) < 4.78 is 37.3. The van der Waals surface area contributed by atoms with Gasteiger partial charge < -0.3 is 9.26 Å². The minimum atomic E-state index is -1.08. The molecule has 1 aromatic carbocycles. The topological polar surface area (TPSA) is 44.4 Å². The fourth-order valence-corrected chi connectivity index (χ4v) is 1.42. The minimum Gasteiger partial charge on any atom is -0.494 e. The number of hydrogen-bond acceptors (Lipinski definition) is 3. The van der Waals surface area contributed by atoms with Gasteiger partial charge in [-0.15, -0.1) is 0 Å². The van der Waals surface area contributed by atoms with Gasteiger partial charge in [-0.25, -0.2) is 4.39 Å². The van der Waals surface area contributed by atoms with Crippen LogP contribution < -0.4 is 10.3 Å². The zero-order valence-electron chi connectivity index (χ0n) is 8.94. The summed E-state index contributed by atoms with van der Waals surface area (Å²) in [7, 11) is 1.24. The van der Waals surface area contributed by atoms with Gasteiger partial charge in [-0.1, -0.05) is 6.07 Å². The summed E-state index contributed by atoms with van der Waals surface area (Å²) in [6.07, 6.45) is 1.18. The first-order chi connectivity index (χ1) is 8.13. The van der Waals surface area contributed by atoms with Crippen molar-refractivity contribution in [2.75, 3.05) is 7.11 Å². The highest BCUT2D eigenvalue weighted by atomic mass is 19.2. The van der Waals surface area contributed by atoms with E-state index in [0.717, 1.165) is 4.74 Å². The van der Waals surface area contributed by atoms with E-state index in [1.54, 1.807) is 0 Å². The zero-order chi connectivity index (χ0) is 12.4. The first kappa shape index (κ1) is 11.4. The predicted octanol–water partition coefficient (Wildman–Crippen LogP) is 1.78. The lowest BCUT2D eigenvalue weighted by Crippen LogP contribution is -2.15. The zero-order valence-corrected chi connectivity index (χ0v) is 8.94. The largest absolute Gasteiger partial charge is 0.494 e. The molecule has 90 valence electrons. The molecule has 1 heterocycles. The lowest BCUT2D eigenvalue weighted by Gasteiger charge is -2.07. The summed E-state index contributed by atoms with van der Waals surface area (Å²) in [6.45, 7) is -0.168. The minimum absolute atomic E-state index is 0.0142. The lowest BCUT2D eigenvalue weighted by atomic mass is 10.2. The quantitative estimate of drug-likeness (QED) is 0.822. The number of halogens is 2. The number of benzene rings is 1. The molecular formula is C11H9F2NO3. The van der Waals surface area contributed by atoms with Crippen LogP contribution in [0.15, 0.2) is 33.8 Å². The molecular weight excluding hydrogens is 232 g/mol. The maximum atomic E-state index is 13.6. The molecule has 0 aliphatic rings. The SMILES string of the molecule is COc1ccc(Cn2occc2=O)c(F)c1F. The molecule has 0 amide bonds.